The maximum Gasteiger partial charge on any atom is 0.401 e. The summed E-state index contributed by atoms with van der Waals surface area (Å²) in [4.78, 5) is 1.48. The van der Waals surface area contributed by atoms with Crippen LogP contribution in [0, 0.1) is 6.92 Å². The Morgan fingerprint density at radius 2 is 1.34 bits per heavy atom. The number of alkyl halides is 3. The van der Waals surface area contributed by atoms with Crippen molar-refractivity contribution < 1.29 is 17.9 Å². The highest BCUT2D eigenvalue weighted by Crippen LogP contribution is 2.22. The van der Waals surface area contributed by atoms with Gasteiger partial charge < -0.3 is 20.7 Å². The van der Waals surface area contributed by atoms with Gasteiger partial charge in [0.05, 0.1) is 19.2 Å². The molecule has 0 aliphatic carbocycles. The van der Waals surface area contributed by atoms with E-state index < -0.39 is 12.7 Å². The van der Waals surface area contributed by atoms with E-state index in [4.69, 9.17) is 4.74 Å². The summed E-state index contributed by atoms with van der Waals surface area (Å²) in [6, 6.07) is 17.1. The van der Waals surface area contributed by atoms with Crippen molar-refractivity contribution in [1.82, 2.24) is 4.90 Å². The van der Waals surface area contributed by atoms with Crippen LogP contribution in [-0.2, 0) is 4.74 Å². The van der Waals surface area contributed by atoms with Gasteiger partial charge in [0.1, 0.15) is 0 Å². The average molecular weight is 495 g/mol. The minimum Gasteiger partial charge on any atom is -0.388 e. The first kappa shape index (κ1) is 28.8. The van der Waals surface area contributed by atoms with Crippen LogP contribution in [-0.4, -0.2) is 63.1 Å². The van der Waals surface area contributed by atoms with Crippen molar-refractivity contribution in [3.8, 4) is 0 Å². The standard InChI is InChI=1S/C14H19F3N2.C11H16N2O.C2H6/c1-11-2-4-12(5-3-11)18-13-6-8-19(9-7-13)10-14(15,16)17;1-12-9-2-4-10(5-3-9)13-11-6-7-14-8-11;1-2/h2-5,13,18H,6-10H2,1H3;2-5,11-13H,6-8H2,1H3;1-2H3. The molecule has 3 N–H and O–H groups in total. The summed E-state index contributed by atoms with van der Waals surface area (Å²) in [6.07, 6.45) is -1.47. The van der Waals surface area contributed by atoms with Gasteiger partial charge in [0.2, 0.25) is 0 Å². The van der Waals surface area contributed by atoms with Gasteiger partial charge in [-0.2, -0.15) is 13.2 Å². The topological polar surface area (TPSA) is 48.6 Å². The van der Waals surface area contributed by atoms with Gasteiger partial charge in [-0.1, -0.05) is 31.5 Å². The zero-order valence-electron chi connectivity index (χ0n) is 21.4. The largest absolute Gasteiger partial charge is 0.401 e. The van der Waals surface area contributed by atoms with E-state index >= 15 is 0 Å². The summed E-state index contributed by atoms with van der Waals surface area (Å²) in [6.45, 7) is 7.95. The maximum absolute atomic E-state index is 12.3. The zero-order chi connectivity index (χ0) is 25.7. The van der Waals surface area contributed by atoms with Gasteiger partial charge in [-0.15, -0.1) is 0 Å². The van der Waals surface area contributed by atoms with E-state index in [0.717, 1.165) is 43.9 Å². The summed E-state index contributed by atoms with van der Waals surface area (Å²) in [5.41, 5.74) is 4.54. The Balaban J connectivity index is 0.000000239. The SMILES string of the molecule is CC.CNc1ccc(NC2CCOC2)cc1.Cc1ccc(NC2CCN(CC(F)(F)F)CC2)cc1. The number of nitrogens with zero attached hydrogens (tertiary/aromatic N) is 1. The molecule has 2 fully saturated rings. The molecule has 0 saturated carbocycles. The molecule has 0 amide bonds. The highest BCUT2D eigenvalue weighted by molar-refractivity contribution is 5.53. The van der Waals surface area contributed by atoms with Gasteiger partial charge in [-0.25, -0.2) is 0 Å². The molecule has 5 nitrogen and oxygen atoms in total. The van der Waals surface area contributed by atoms with Crippen LogP contribution >= 0.6 is 0 Å². The molecule has 0 bridgehead atoms. The van der Waals surface area contributed by atoms with Gasteiger partial charge in [0.25, 0.3) is 0 Å². The quantitative estimate of drug-likeness (QED) is 0.435. The molecule has 35 heavy (non-hydrogen) atoms. The summed E-state index contributed by atoms with van der Waals surface area (Å²) < 4.78 is 42.1. The number of anilines is 3. The van der Waals surface area contributed by atoms with Gasteiger partial charge in [0.15, 0.2) is 0 Å². The van der Waals surface area contributed by atoms with Gasteiger partial charge in [-0.05, 0) is 62.6 Å². The number of ether oxygens (including phenoxy) is 1. The highest BCUT2D eigenvalue weighted by atomic mass is 19.4. The van der Waals surface area contributed by atoms with Crippen molar-refractivity contribution >= 4 is 17.1 Å². The van der Waals surface area contributed by atoms with Crippen molar-refractivity contribution in [2.75, 3.05) is 55.8 Å². The predicted molar refractivity (Wildman–Crippen MR) is 141 cm³/mol. The first-order chi connectivity index (χ1) is 16.8. The van der Waals surface area contributed by atoms with Crippen LogP contribution in [0.25, 0.3) is 0 Å². The molecule has 196 valence electrons. The molecule has 8 heteroatoms. The Labute approximate surface area is 208 Å². The molecule has 0 radical (unpaired) electrons. The Bertz CT molecular complexity index is 814. The molecule has 0 aromatic heterocycles. The van der Waals surface area contributed by atoms with Crippen LogP contribution in [0.2, 0.25) is 0 Å². The molecule has 2 saturated heterocycles. The van der Waals surface area contributed by atoms with Crippen molar-refractivity contribution in [3.05, 3.63) is 54.1 Å². The molecule has 0 spiro atoms. The highest BCUT2D eigenvalue weighted by Gasteiger charge is 2.32. The third-order valence-corrected chi connectivity index (χ3v) is 5.89. The van der Waals surface area contributed by atoms with Crippen molar-refractivity contribution in [2.45, 2.75) is 58.3 Å². The van der Waals surface area contributed by atoms with E-state index in [9.17, 15) is 13.2 Å². The lowest BCUT2D eigenvalue weighted by Gasteiger charge is -2.33. The third-order valence-electron chi connectivity index (χ3n) is 5.89. The monoisotopic (exact) mass is 494 g/mol. The lowest BCUT2D eigenvalue weighted by atomic mass is 10.0. The van der Waals surface area contributed by atoms with Gasteiger partial charge >= 0.3 is 6.18 Å². The lowest BCUT2D eigenvalue weighted by Crippen LogP contribution is -2.43. The molecule has 2 aromatic rings. The lowest BCUT2D eigenvalue weighted by molar-refractivity contribution is -0.147. The molecule has 4 rings (SSSR count). The number of rotatable bonds is 6. The average Bonchev–Trinajstić information content (AvgIpc) is 3.36. The summed E-state index contributed by atoms with van der Waals surface area (Å²) in [7, 11) is 1.92. The minimum absolute atomic E-state index is 0.271. The fourth-order valence-electron chi connectivity index (χ4n) is 3.99. The molecule has 1 unspecified atom stereocenters. The predicted octanol–water partition coefficient (Wildman–Crippen LogP) is 6.39. The molecular formula is C27H41F3N4O. The molecule has 2 heterocycles. The second-order valence-corrected chi connectivity index (χ2v) is 8.71. The van der Waals surface area contributed by atoms with Crippen LogP contribution in [0.5, 0.6) is 0 Å². The van der Waals surface area contributed by atoms with Gasteiger partial charge in [-0.3, -0.25) is 4.90 Å². The molecule has 2 aliphatic rings. The molecular weight excluding hydrogens is 453 g/mol. The van der Waals surface area contributed by atoms with E-state index in [1.165, 1.54) is 16.2 Å². The van der Waals surface area contributed by atoms with E-state index in [1.807, 2.05) is 52.1 Å². The van der Waals surface area contributed by atoms with Crippen LogP contribution in [0.3, 0.4) is 0 Å². The second-order valence-electron chi connectivity index (χ2n) is 8.71. The Morgan fingerprint density at radius 1 is 0.829 bits per heavy atom. The van der Waals surface area contributed by atoms with Crippen molar-refractivity contribution in [1.29, 1.82) is 0 Å². The van der Waals surface area contributed by atoms with Crippen LogP contribution in [0.15, 0.2) is 48.5 Å². The number of benzene rings is 2. The van der Waals surface area contributed by atoms with E-state index in [2.05, 4.69) is 40.2 Å². The number of likely N-dealkylation sites (tertiary alicyclic amines) is 1. The number of aryl methyl sites for hydroxylation is 1. The minimum atomic E-state index is -4.09. The number of piperidine rings is 1. The smallest absolute Gasteiger partial charge is 0.388 e. The summed E-state index contributed by atoms with van der Waals surface area (Å²) in [5.74, 6) is 0. The summed E-state index contributed by atoms with van der Waals surface area (Å²) in [5, 5.41) is 9.92. The van der Waals surface area contributed by atoms with E-state index in [0.29, 0.717) is 19.1 Å². The third kappa shape index (κ3) is 11.2. The maximum atomic E-state index is 12.3. The molecule has 2 aliphatic heterocycles. The van der Waals surface area contributed by atoms with E-state index in [-0.39, 0.29) is 6.04 Å². The molecule has 1 atom stereocenters. The normalized spacial score (nSPS) is 18.5. The van der Waals surface area contributed by atoms with Crippen LogP contribution < -0.4 is 16.0 Å². The van der Waals surface area contributed by atoms with Crippen molar-refractivity contribution in [3.63, 3.8) is 0 Å². The number of nitrogens with one attached hydrogen (secondary N) is 3. The Morgan fingerprint density at radius 3 is 1.83 bits per heavy atom. The Kier molecular flexibility index (Phi) is 12.2. The second kappa shape index (κ2) is 14.8. The van der Waals surface area contributed by atoms with Gasteiger partial charge in [0, 0.05) is 49.8 Å². The Hall–Kier alpha value is -2.45. The first-order valence-electron chi connectivity index (χ1n) is 12.5. The molecule has 2 aromatic carbocycles. The fraction of sp³-hybridized carbons (Fsp3) is 0.556. The zero-order valence-corrected chi connectivity index (χ0v) is 21.4. The number of halogens is 3. The van der Waals surface area contributed by atoms with E-state index in [1.54, 1.807) is 0 Å². The van der Waals surface area contributed by atoms with Crippen LogP contribution in [0.1, 0.15) is 38.7 Å². The summed E-state index contributed by atoms with van der Waals surface area (Å²) >= 11 is 0. The van der Waals surface area contributed by atoms with Crippen molar-refractivity contribution in [2.24, 2.45) is 0 Å². The first-order valence-corrected chi connectivity index (χ1v) is 12.5. The van der Waals surface area contributed by atoms with Crippen LogP contribution in [0.4, 0.5) is 30.2 Å². The fourth-order valence-corrected chi connectivity index (χ4v) is 3.99. The number of hydrogen-bond acceptors (Lipinski definition) is 5. The number of hydrogen-bond donors (Lipinski definition) is 3.